The Bertz CT molecular complexity index is 1150. The fourth-order valence-electron chi connectivity index (χ4n) is 4.41. The summed E-state index contributed by atoms with van der Waals surface area (Å²) in [7, 11) is 1.71. The van der Waals surface area contributed by atoms with Crippen molar-refractivity contribution < 1.29 is 23.5 Å². The molecule has 2 unspecified atom stereocenters. The molecule has 0 N–H and O–H groups in total. The Morgan fingerprint density at radius 2 is 1.89 bits per heavy atom. The summed E-state index contributed by atoms with van der Waals surface area (Å²) < 4.78 is 18.6. The monoisotopic (exact) mass is 529 g/mol. The molecule has 1 aliphatic heterocycles. The quantitative estimate of drug-likeness (QED) is 0.382. The van der Waals surface area contributed by atoms with Crippen molar-refractivity contribution in [1.82, 2.24) is 9.80 Å². The van der Waals surface area contributed by atoms with Crippen molar-refractivity contribution >= 4 is 35.2 Å². The topological polar surface area (TPSA) is 79.3 Å². The van der Waals surface area contributed by atoms with E-state index in [2.05, 4.69) is 4.99 Å². The molecule has 7 nitrogen and oxygen atoms in total. The van der Waals surface area contributed by atoms with Gasteiger partial charge in [0.25, 0.3) is 0 Å². The molecule has 9 heteroatoms. The summed E-state index contributed by atoms with van der Waals surface area (Å²) in [6.07, 6.45) is 0.976. The maximum atomic E-state index is 13.1. The molecule has 3 rings (SSSR count). The first-order chi connectivity index (χ1) is 17.6. The van der Waals surface area contributed by atoms with Gasteiger partial charge in [0.1, 0.15) is 11.7 Å². The lowest BCUT2D eigenvalue weighted by molar-refractivity contribution is -0.151. The Balaban J connectivity index is 1.70. The van der Waals surface area contributed by atoms with Crippen molar-refractivity contribution in [2.75, 3.05) is 20.1 Å². The Kier molecular flexibility index (Phi) is 9.80. The van der Waals surface area contributed by atoms with E-state index in [1.165, 1.54) is 12.1 Å². The molecule has 2 atom stereocenters. The summed E-state index contributed by atoms with van der Waals surface area (Å²) in [6, 6.07) is 12.1. The van der Waals surface area contributed by atoms with E-state index in [9.17, 15) is 18.8 Å². The molecule has 0 saturated heterocycles. The number of urea groups is 1. The third kappa shape index (κ3) is 7.61. The molecule has 0 aromatic heterocycles. The number of carbonyl (C=O) groups excluding carboxylic acids is 3. The highest BCUT2D eigenvalue weighted by Crippen LogP contribution is 2.36. The van der Waals surface area contributed by atoms with Gasteiger partial charge >= 0.3 is 12.0 Å². The van der Waals surface area contributed by atoms with Gasteiger partial charge in [0.05, 0.1) is 12.1 Å². The van der Waals surface area contributed by atoms with Crippen molar-refractivity contribution in [1.29, 1.82) is 0 Å². The number of aliphatic imine (C=N–C) groups is 1. The summed E-state index contributed by atoms with van der Waals surface area (Å²) in [4.78, 5) is 46.0. The third-order valence-corrected chi connectivity index (χ3v) is 6.51. The number of esters is 1. The smallest absolute Gasteiger partial charge is 0.344 e. The number of benzene rings is 2. The Morgan fingerprint density at radius 1 is 1.19 bits per heavy atom. The van der Waals surface area contributed by atoms with Gasteiger partial charge < -0.3 is 14.5 Å². The first-order valence-electron chi connectivity index (χ1n) is 12.4. The highest BCUT2D eigenvalue weighted by Gasteiger charge is 2.43. The molecule has 1 aliphatic rings. The molecule has 2 aromatic carbocycles. The molecule has 0 spiro atoms. The summed E-state index contributed by atoms with van der Waals surface area (Å²) in [5.41, 5.74) is 1.99. The number of nitrogens with zero attached hydrogens (tertiary/aromatic N) is 3. The van der Waals surface area contributed by atoms with E-state index in [0.717, 1.165) is 5.56 Å². The standard InChI is InChI=1S/C28H33ClFN3O4/c1-18(2)37-27(35)25-19(3)31-28(36)33(26(25)21-7-5-8-22(29)17-21)16-6-15-32(4)24(34)14-11-20-9-12-23(30)13-10-20/h5,7-10,12-13,17-18,25-26H,6,11,14-16H2,1-4H3. The fraction of sp³-hybridized carbons (Fsp3) is 0.429. The maximum absolute atomic E-state index is 13.1. The highest BCUT2D eigenvalue weighted by atomic mass is 35.5. The zero-order valence-electron chi connectivity index (χ0n) is 21.6. The lowest BCUT2D eigenvalue weighted by atomic mass is 9.86. The van der Waals surface area contributed by atoms with Gasteiger partial charge in [-0.05, 0) is 69.0 Å². The van der Waals surface area contributed by atoms with Crippen LogP contribution in [0.5, 0.6) is 0 Å². The van der Waals surface area contributed by atoms with Crippen LogP contribution in [0, 0.1) is 11.7 Å². The van der Waals surface area contributed by atoms with Crippen LogP contribution in [-0.4, -0.2) is 59.7 Å². The number of halogens is 2. The molecule has 37 heavy (non-hydrogen) atoms. The molecule has 1 heterocycles. The summed E-state index contributed by atoms with van der Waals surface area (Å²) in [5.74, 6) is -1.58. The van der Waals surface area contributed by atoms with Crippen LogP contribution in [-0.2, 0) is 20.7 Å². The average molecular weight is 530 g/mol. The van der Waals surface area contributed by atoms with Gasteiger partial charge in [-0.15, -0.1) is 0 Å². The number of amides is 3. The van der Waals surface area contributed by atoms with E-state index >= 15 is 0 Å². The second-order valence-electron chi connectivity index (χ2n) is 9.49. The summed E-state index contributed by atoms with van der Waals surface area (Å²) in [6.45, 7) is 5.90. The van der Waals surface area contributed by atoms with Crippen molar-refractivity contribution in [3.63, 3.8) is 0 Å². The molecule has 0 aliphatic carbocycles. The molecule has 2 aromatic rings. The van der Waals surface area contributed by atoms with Crippen LogP contribution in [0.2, 0.25) is 5.02 Å². The molecule has 0 fully saturated rings. The molecule has 0 saturated carbocycles. The first-order valence-corrected chi connectivity index (χ1v) is 12.7. The second kappa shape index (κ2) is 12.8. The summed E-state index contributed by atoms with van der Waals surface area (Å²) in [5, 5.41) is 0.493. The molecule has 198 valence electrons. The number of carbonyl (C=O) groups is 3. The largest absolute Gasteiger partial charge is 0.462 e. The molecular weight excluding hydrogens is 497 g/mol. The minimum Gasteiger partial charge on any atom is -0.462 e. The Morgan fingerprint density at radius 3 is 2.54 bits per heavy atom. The van der Waals surface area contributed by atoms with Crippen LogP contribution in [0.4, 0.5) is 9.18 Å². The van der Waals surface area contributed by atoms with Crippen LogP contribution >= 0.6 is 11.6 Å². The maximum Gasteiger partial charge on any atom is 0.344 e. The van der Waals surface area contributed by atoms with Crippen molar-refractivity contribution in [3.05, 3.63) is 70.5 Å². The second-order valence-corrected chi connectivity index (χ2v) is 9.92. The van der Waals surface area contributed by atoms with Crippen molar-refractivity contribution in [3.8, 4) is 0 Å². The number of aryl methyl sites for hydroxylation is 1. The van der Waals surface area contributed by atoms with E-state index in [1.54, 1.807) is 68.0 Å². The van der Waals surface area contributed by atoms with Crippen molar-refractivity contribution in [2.45, 2.75) is 52.2 Å². The predicted molar refractivity (Wildman–Crippen MR) is 141 cm³/mol. The number of ether oxygens (including phenoxy) is 1. The molecular formula is C28H33ClFN3O4. The number of rotatable bonds is 10. The lowest BCUT2D eigenvalue weighted by Crippen LogP contribution is -2.48. The normalized spacial score (nSPS) is 17.5. The first kappa shape index (κ1) is 28.3. The van der Waals surface area contributed by atoms with Crippen LogP contribution in [0.3, 0.4) is 0 Å². The third-order valence-electron chi connectivity index (χ3n) is 6.27. The Hall–Kier alpha value is -3.26. The van der Waals surface area contributed by atoms with Crippen molar-refractivity contribution in [2.24, 2.45) is 10.9 Å². The van der Waals surface area contributed by atoms with Crippen LogP contribution in [0.1, 0.15) is 50.8 Å². The SMILES string of the molecule is CC1=NC(=O)N(CCCN(C)C(=O)CCc2ccc(F)cc2)C(c2cccc(Cl)c2)C1C(=O)OC(C)C. The van der Waals surface area contributed by atoms with Crippen LogP contribution in [0.25, 0.3) is 0 Å². The van der Waals surface area contributed by atoms with Crippen LogP contribution in [0.15, 0.2) is 53.5 Å². The van der Waals surface area contributed by atoms with Gasteiger partial charge in [0.15, 0.2) is 0 Å². The van der Waals surface area contributed by atoms with Gasteiger partial charge in [-0.25, -0.2) is 14.2 Å². The minimum atomic E-state index is -0.770. The number of hydrogen-bond acceptors (Lipinski definition) is 4. The van der Waals surface area contributed by atoms with E-state index in [0.29, 0.717) is 42.1 Å². The van der Waals surface area contributed by atoms with Gasteiger partial charge in [0, 0.05) is 37.3 Å². The van der Waals surface area contributed by atoms with E-state index in [1.807, 2.05) is 6.07 Å². The van der Waals surface area contributed by atoms with Gasteiger partial charge in [-0.1, -0.05) is 35.9 Å². The summed E-state index contributed by atoms with van der Waals surface area (Å²) >= 11 is 6.25. The predicted octanol–water partition coefficient (Wildman–Crippen LogP) is 5.47. The zero-order chi connectivity index (χ0) is 27.1. The highest BCUT2D eigenvalue weighted by molar-refractivity contribution is 6.30. The van der Waals surface area contributed by atoms with E-state index in [4.69, 9.17) is 16.3 Å². The fourth-order valence-corrected chi connectivity index (χ4v) is 4.61. The van der Waals surface area contributed by atoms with Gasteiger partial charge in [0.2, 0.25) is 5.91 Å². The number of hydrogen-bond donors (Lipinski definition) is 0. The van der Waals surface area contributed by atoms with Gasteiger partial charge in [-0.3, -0.25) is 9.59 Å². The lowest BCUT2D eigenvalue weighted by Gasteiger charge is -2.39. The Labute approximate surface area is 222 Å². The van der Waals surface area contributed by atoms with E-state index < -0.39 is 24.0 Å². The van der Waals surface area contributed by atoms with Gasteiger partial charge in [-0.2, -0.15) is 0 Å². The van der Waals surface area contributed by atoms with Crippen LogP contribution < -0.4 is 0 Å². The van der Waals surface area contributed by atoms with E-state index in [-0.39, 0.29) is 24.4 Å². The zero-order valence-corrected chi connectivity index (χ0v) is 22.4. The molecule has 3 amide bonds. The average Bonchev–Trinajstić information content (AvgIpc) is 2.83. The molecule has 0 radical (unpaired) electrons. The molecule has 0 bridgehead atoms. The minimum absolute atomic E-state index is 0.0482.